The topological polar surface area (TPSA) is 42.3 Å². The van der Waals surface area contributed by atoms with Crippen LogP contribution in [0.5, 0.6) is 0 Å². The van der Waals surface area contributed by atoms with E-state index in [4.69, 9.17) is 4.74 Å². The summed E-state index contributed by atoms with van der Waals surface area (Å²) in [6.07, 6.45) is 10.2. The fraction of sp³-hybridized carbons (Fsp3) is 0.812. The molecule has 0 spiro atoms. The lowest BCUT2D eigenvalue weighted by Crippen LogP contribution is -2.47. The van der Waals surface area contributed by atoms with Gasteiger partial charge in [-0.2, -0.15) is 0 Å². The van der Waals surface area contributed by atoms with E-state index in [-0.39, 0.29) is 0 Å². The van der Waals surface area contributed by atoms with Crippen LogP contribution >= 0.6 is 0 Å². The van der Waals surface area contributed by atoms with Crippen LogP contribution in [-0.2, 0) is 11.3 Å². The Morgan fingerprint density at radius 2 is 2.14 bits per heavy atom. The Hall–Kier alpha value is -1.07. The first-order valence-electron chi connectivity index (χ1n) is 8.18. The van der Waals surface area contributed by atoms with Crippen LogP contribution in [0.4, 0.5) is 5.95 Å². The van der Waals surface area contributed by atoms with Crippen LogP contribution in [0, 0.1) is 0 Å². The average molecular weight is 294 g/mol. The van der Waals surface area contributed by atoms with E-state index >= 15 is 0 Å². The van der Waals surface area contributed by atoms with Crippen LogP contribution in [0.3, 0.4) is 0 Å². The zero-order valence-corrected chi connectivity index (χ0v) is 13.8. The monoisotopic (exact) mass is 294 g/mol. The minimum Gasteiger partial charge on any atom is -0.382 e. The number of aromatic nitrogens is 2. The van der Waals surface area contributed by atoms with Crippen LogP contribution in [0.25, 0.3) is 0 Å². The van der Waals surface area contributed by atoms with Crippen molar-refractivity contribution < 1.29 is 4.74 Å². The number of aryl methyl sites for hydroxylation is 1. The largest absolute Gasteiger partial charge is 0.382 e. The van der Waals surface area contributed by atoms with Crippen LogP contribution in [0.2, 0.25) is 0 Å². The summed E-state index contributed by atoms with van der Waals surface area (Å²) in [6.45, 7) is 5.57. The SMILES string of the molecule is CCOCCCn1ccnc1NCC1(N(C)C)CCCC1. The molecule has 0 bridgehead atoms. The molecule has 1 aliphatic carbocycles. The third-order valence-corrected chi connectivity index (χ3v) is 4.67. The molecule has 120 valence electrons. The Bertz CT molecular complexity index is 410. The van der Waals surface area contributed by atoms with Gasteiger partial charge in [0.15, 0.2) is 0 Å². The highest BCUT2D eigenvalue weighted by Gasteiger charge is 2.35. The maximum atomic E-state index is 5.40. The molecule has 1 aliphatic rings. The van der Waals surface area contributed by atoms with E-state index in [0.29, 0.717) is 5.54 Å². The predicted octanol–water partition coefficient (Wildman–Crippen LogP) is 2.60. The van der Waals surface area contributed by atoms with Crippen molar-refractivity contribution in [3.8, 4) is 0 Å². The van der Waals surface area contributed by atoms with Crippen molar-refractivity contribution in [3.63, 3.8) is 0 Å². The fourth-order valence-corrected chi connectivity index (χ4v) is 3.20. The summed E-state index contributed by atoms with van der Waals surface area (Å²) in [7, 11) is 4.39. The quantitative estimate of drug-likeness (QED) is 0.711. The van der Waals surface area contributed by atoms with E-state index in [1.54, 1.807) is 0 Å². The zero-order chi connectivity index (χ0) is 15.1. The summed E-state index contributed by atoms with van der Waals surface area (Å²) in [6, 6.07) is 0. The highest BCUT2D eigenvalue weighted by Crippen LogP contribution is 2.33. The van der Waals surface area contributed by atoms with Crippen molar-refractivity contribution >= 4 is 5.95 Å². The summed E-state index contributed by atoms with van der Waals surface area (Å²) in [5.74, 6) is 0.986. The molecule has 21 heavy (non-hydrogen) atoms. The molecule has 1 N–H and O–H groups in total. The molecule has 1 aromatic rings. The maximum Gasteiger partial charge on any atom is 0.202 e. The van der Waals surface area contributed by atoms with Gasteiger partial charge in [-0.25, -0.2) is 4.98 Å². The second-order valence-electron chi connectivity index (χ2n) is 6.17. The number of rotatable bonds is 9. The lowest BCUT2D eigenvalue weighted by atomic mass is 9.96. The van der Waals surface area contributed by atoms with Crippen molar-refractivity contribution in [2.75, 3.05) is 39.2 Å². The summed E-state index contributed by atoms with van der Waals surface area (Å²) < 4.78 is 7.59. The number of likely N-dealkylation sites (N-methyl/N-ethyl adjacent to an activating group) is 1. The highest BCUT2D eigenvalue weighted by atomic mass is 16.5. The Morgan fingerprint density at radius 3 is 2.81 bits per heavy atom. The normalized spacial score (nSPS) is 17.5. The smallest absolute Gasteiger partial charge is 0.202 e. The molecule has 2 rings (SSSR count). The number of nitrogens with one attached hydrogen (secondary N) is 1. The molecule has 0 amide bonds. The van der Waals surface area contributed by atoms with Gasteiger partial charge in [0.1, 0.15) is 0 Å². The molecule has 1 fully saturated rings. The maximum absolute atomic E-state index is 5.40. The van der Waals surface area contributed by atoms with Crippen LogP contribution in [0.1, 0.15) is 39.0 Å². The van der Waals surface area contributed by atoms with Crippen LogP contribution in [-0.4, -0.2) is 53.8 Å². The molecule has 1 saturated carbocycles. The summed E-state index contributed by atoms with van der Waals surface area (Å²) in [4.78, 5) is 6.84. The van der Waals surface area contributed by atoms with Gasteiger partial charge in [-0.05, 0) is 40.3 Å². The fourth-order valence-electron chi connectivity index (χ4n) is 3.20. The standard InChI is InChI=1S/C16H30N4O/c1-4-21-13-7-11-20-12-10-17-15(20)18-14-16(19(2)3)8-5-6-9-16/h10,12H,4-9,11,13-14H2,1-3H3,(H,17,18). The molecule has 5 nitrogen and oxygen atoms in total. The molecule has 1 heterocycles. The van der Waals surface area contributed by atoms with Gasteiger partial charge >= 0.3 is 0 Å². The minimum atomic E-state index is 0.294. The second kappa shape index (κ2) is 7.80. The predicted molar refractivity (Wildman–Crippen MR) is 86.7 cm³/mol. The first kappa shape index (κ1) is 16.3. The second-order valence-corrected chi connectivity index (χ2v) is 6.17. The first-order valence-corrected chi connectivity index (χ1v) is 8.18. The number of nitrogens with zero attached hydrogens (tertiary/aromatic N) is 3. The van der Waals surface area contributed by atoms with Crippen LogP contribution < -0.4 is 5.32 Å². The number of anilines is 1. The van der Waals surface area contributed by atoms with Crippen molar-refractivity contribution in [3.05, 3.63) is 12.4 Å². The number of ether oxygens (including phenoxy) is 1. The zero-order valence-electron chi connectivity index (χ0n) is 13.8. The van der Waals surface area contributed by atoms with Gasteiger partial charge in [0.25, 0.3) is 0 Å². The summed E-state index contributed by atoms with van der Waals surface area (Å²) >= 11 is 0. The molecule has 1 aromatic heterocycles. The average Bonchev–Trinajstić information content (AvgIpc) is 3.11. The number of hydrogen-bond donors (Lipinski definition) is 1. The van der Waals surface area contributed by atoms with E-state index in [9.17, 15) is 0 Å². The highest BCUT2D eigenvalue weighted by molar-refractivity contribution is 5.27. The lowest BCUT2D eigenvalue weighted by Gasteiger charge is -2.36. The van der Waals surface area contributed by atoms with Gasteiger partial charge in [-0.1, -0.05) is 12.8 Å². The Morgan fingerprint density at radius 1 is 1.38 bits per heavy atom. The van der Waals surface area contributed by atoms with E-state index in [1.807, 2.05) is 19.3 Å². The Balaban J connectivity index is 1.86. The lowest BCUT2D eigenvalue weighted by molar-refractivity contribution is 0.141. The van der Waals surface area contributed by atoms with E-state index in [0.717, 1.165) is 38.7 Å². The van der Waals surface area contributed by atoms with Gasteiger partial charge in [-0.15, -0.1) is 0 Å². The Kier molecular flexibility index (Phi) is 6.06. The van der Waals surface area contributed by atoms with Gasteiger partial charge in [0.2, 0.25) is 5.95 Å². The number of imidazole rings is 1. The van der Waals surface area contributed by atoms with Crippen LogP contribution in [0.15, 0.2) is 12.4 Å². The molecular weight excluding hydrogens is 264 g/mol. The van der Waals surface area contributed by atoms with Gasteiger partial charge in [0.05, 0.1) is 0 Å². The third kappa shape index (κ3) is 4.20. The van der Waals surface area contributed by atoms with E-state index in [1.165, 1.54) is 25.7 Å². The molecule has 0 aromatic carbocycles. The Labute approximate surface area is 128 Å². The molecule has 0 aliphatic heterocycles. The first-order chi connectivity index (χ1) is 10.2. The van der Waals surface area contributed by atoms with Crippen molar-refractivity contribution in [1.29, 1.82) is 0 Å². The molecular formula is C16H30N4O. The molecule has 0 radical (unpaired) electrons. The number of hydrogen-bond acceptors (Lipinski definition) is 4. The van der Waals surface area contributed by atoms with Crippen molar-refractivity contribution in [1.82, 2.24) is 14.5 Å². The minimum absolute atomic E-state index is 0.294. The molecule has 0 saturated heterocycles. The molecule has 0 atom stereocenters. The summed E-state index contributed by atoms with van der Waals surface area (Å²) in [5.41, 5.74) is 0.294. The van der Waals surface area contributed by atoms with Gasteiger partial charge < -0.3 is 19.5 Å². The van der Waals surface area contributed by atoms with Gasteiger partial charge in [0, 0.05) is 44.2 Å². The molecule has 0 unspecified atom stereocenters. The van der Waals surface area contributed by atoms with E-state index in [2.05, 4.69) is 33.9 Å². The van der Waals surface area contributed by atoms with Gasteiger partial charge in [-0.3, -0.25) is 0 Å². The van der Waals surface area contributed by atoms with E-state index < -0.39 is 0 Å². The van der Waals surface area contributed by atoms with Crippen molar-refractivity contribution in [2.24, 2.45) is 0 Å². The molecule has 5 heteroatoms. The summed E-state index contributed by atoms with van der Waals surface area (Å²) in [5, 5.41) is 3.57. The third-order valence-electron chi connectivity index (χ3n) is 4.67. The van der Waals surface area contributed by atoms with Crippen molar-refractivity contribution in [2.45, 2.75) is 51.1 Å².